The van der Waals surface area contributed by atoms with Crippen LogP contribution in [0.4, 0.5) is 13.2 Å². The number of carbonyl (C=O) groups excluding carboxylic acids is 1. The molecule has 9 heteroatoms. The molecule has 2 aliphatic rings. The van der Waals surface area contributed by atoms with Crippen molar-refractivity contribution >= 4 is 5.91 Å². The van der Waals surface area contributed by atoms with Crippen LogP contribution < -0.4 is 11.1 Å². The Labute approximate surface area is 187 Å². The van der Waals surface area contributed by atoms with E-state index in [0.29, 0.717) is 12.8 Å². The van der Waals surface area contributed by atoms with Gasteiger partial charge in [0.25, 0.3) is 0 Å². The molecule has 172 valence electrons. The average Bonchev–Trinajstić information content (AvgIpc) is 3.71. The van der Waals surface area contributed by atoms with E-state index in [-0.39, 0.29) is 22.8 Å². The summed E-state index contributed by atoms with van der Waals surface area (Å²) in [6.07, 6.45) is -0.519. The number of nitrogens with one attached hydrogen (secondary N) is 2. The van der Waals surface area contributed by atoms with Crippen LogP contribution in [0.3, 0.4) is 0 Å². The number of nitrogens with zero attached hydrogens (tertiary/aromatic N) is 1. The first-order valence-electron chi connectivity index (χ1n) is 10.8. The molecule has 1 heterocycles. The molecule has 3 aromatic rings. The number of aromatic nitrogens is 2. The smallest absolute Gasteiger partial charge is 0.390 e. The summed E-state index contributed by atoms with van der Waals surface area (Å²) in [6.45, 7) is 0. The van der Waals surface area contributed by atoms with E-state index in [1.807, 2.05) is 30.3 Å². The van der Waals surface area contributed by atoms with Crippen LogP contribution in [0, 0.1) is 10.8 Å². The fourth-order valence-electron chi connectivity index (χ4n) is 4.90. The summed E-state index contributed by atoms with van der Waals surface area (Å²) in [4.78, 5) is 25.1. The zero-order chi connectivity index (χ0) is 23.3. The molecule has 1 atom stereocenters. The SMILES string of the molecule is O=C(NC(c1cccc(C(F)(F)F)c1)c1n[nH]c(=O)o1)C1(C2(Cc3ccccc3)CC2)CC1. The minimum Gasteiger partial charge on any atom is -0.390 e. The Kier molecular flexibility index (Phi) is 4.95. The number of rotatable bonds is 7. The normalized spacial score (nSPS) is 19.0. The number of hydrogen-bond acceptors (Lipinski definition) is 4. The van der Waals surface area contributed by atoms with Crippen molar-refractivity contribution in [2.45, 2.75) is 44.3 Å². The van der Waals surface area contributed by atoms with Crippen molar-refractivity contribution in [1.29, 1.82) is 0 Å². The summed E-state index contributed by atoms with van der Waals surface area (Å²) in [6, 6.07) is 13.4. The number of carbonyl (C=O) groups is 1. The van der Waals surface area contributed by atoms with Crippen molar-refractivity contribution in [3.05, 3.63) is 87.7 Å². The Bertz CT molecular complexity index is 1220. The molecular weight excluding hydrogens is 435 g/mol. The third-order valence-electron chi connectivity index (χ3n) is 6.96. The number of H-pyrrole nitrogens is 1. The Balaban J connectivity index is 1.44. The molecule has 0 aliphatic heterocycles. The van der Waals surface area contributed by atoms with Crippen LogP contribution in [0.1, 0.15) is 54.3 Å². The molecule has 33 heavy (non-hydrogen) atoms. The van der Waals surface area contributed by atoms with E-state index in [4.69, 9.17) is 4.42 Å². The molecule has 1 amide bonds. The molecule has 2 aliphatic carbocycles. The highest BCUT2D eigenvalue weighted by atomic mass is 19.4. The lowest BCUT2D eigenvalue weighted by Crippen LogP contribution is -2.41. The number of amides is 1. The van der Waals surface area contributed by atoms with Gasteiger partial charge in [0.2, 0.25) is 11.8 Å². The second kappa shape index (κ2) is 7.60. The topological polar surface area (TPSA) is 88.0 Å². The zero-order valence-electron chi connectivity index (χ0n) is 17.6. The Morgan fingerprint density at radius 1 is 1.09 bits per heavy atom. The number of hydrogen-bond donors (Lipinski definition) is 2. The van der Waals surface area contributed by atoms with Crippen LogP contribution in [0.25, 0.3) is 0 Å². The standard InChI is InChI=1S/C24H22F3N3O3/c25-24(26,27)17-8-4-7-16(13-17)18(19-29-30-21(32)33-19)28-20(31)23(11-12-23)22(9-10-22)14-15-5-2-1-3-6-15/h1-8,13,18H,9-12,14H2,(H,28,31)(H,30,32). The van der Waals surface area contributed by atoms with E-state index < -0.39 is 29.0 Å². The maximum absolute atomic E-state index is 13.6. The van der Waals surface area contributed by atoms with E-state index in [0.717, 1.165) is 37.0 Å². The predicted molar refractivity (Wildman–Crippen MR) is 112 cm³/mol. The van der Waals surface area contributed by atoms with Crippen molar-refractivity contribution in [3.63, 3.8) is 0 Å². The Hall–Kier alpha value is -3.36. The first kappa shape index (κ1) is 21.5. The fraction of sp³-hybridized carbons (Fsp3) is 0.375. The molecular formula is C24H22F3N3O3. The molecule has 6 nitrogen and oxygen atoms in total. The van der Waals surface area contributed by atoms with Crippen LogP contribution in [-0.4, -0.2) is 16.1 Å². The second-order valence-corrected chi connectivity index (χ2v) is 9.01. The van der Waals surface area contributed by atoms with Crippen LogP contribution in [-0.2, 0) is 17.4 Å². The monoisotopic (exact) mass is 457 g/mol. The highest BCUT2D eigenvalue weighted by Crippen LogP contribution is 2.71. The van der Waals surface area contributed by atoms with Crippen molar-refractivity contribution in [2.24, 2.45) is 10.8 Å². The first-order valence-corrected chi connectivity index (χ1v) is 10.8. The maximum atomic E-state index is 13.6. The largest absolute Gasteiger partial charge is 0.434 e. The van der Waals surface area contributed by atoms with Gasteiger partial charge in [-0.3, -0.25) is 4.79 Å². The molecule has 1 aromatic heterocycles. The van der Waals surface area contributed by atoms with E-state index in [9.17, 15) is 22.8 Å². The summed E-state index contributed by atoms with van der Waals surface area (Å²) >= 11 is 0. The van der Waals surface area contributed by atoms with Crippen molar-refractivity contribution in [2.75, 3.05) is 0 Å². The molecule has 0 saturated heterocycles. The summed E-state index contributed by atoms with van der Waals surface area (Å²) in [5.41, 5.74) is -0.317. The van der Waals surface area contributed by atoms with E-state index >= 15 is 0 Å². The van der Waals surface area contributed by atoms with Gasteiger partial charge in [-0.1, -0.05) is 42.5 Å². The Morgan fingerprint density at radius 2 is 1.82 bits per heavy atom. The predicted octanol–water partition coefficient (Wildman–Crippen LogP) is 4.39. The van der Waals surface area contributed by atoms with E-state index in [1.165, 1.54) is 12.1 Å². The summed E-state index contributed by atoms with van der Waals surface area (Å²) in [5, 5.41) is 8.76. The molecule has 2 saturated carbocycles. The highest BCUT2D eigenvalue weighted by molar-refractivity contribution is 5.87. The van der Waals surface area contributed by atoms with Gasteiger partial charge in [0.1, 0.15) is 6.04 Å². The van der Waals surface area contributed by atoms with Gasteiger partial charge >= 0.3 is 11.9 Å². The lowest BCUT2D eigenvalue weighted by molar-refractivity contribution is -0.137. The lowest BCUT2D eigenvalue weighted by atomic mass is 9.79. The van der Waals surface area contributed by atoms with Crippen molar-refractivity contribution in [1.82, 2.24) is 15.5 Å². The fourth-order valence-corrected chi connectivity index (χ4v) is 4.90. The van der Waals surface area contributed by atoms with Gasteiger partial charge in [0.05, 0.1) is 11.0 Å². The molecule has 0 bridgehead atoms. The number of halogens is 3. The summed E-state index contributed by atoms with van der Waals surface area (Å²) in [5.74, 6) is -1.28. The minimum absolute atomic E-state index is 0.136. The lowest BCUT2D eigenvalue weighted by Gasteiger charge is -2.28. The molecule has 2 N–H and O–H groups in total. The third kappa shape index (κ3) is 3.96. The molecule has 0 spiro atoms. The quantitative estimate of drug-likeness (QED) is 0.551. The van der Waals surface area contributed by atoms with E-state index in [1.54, 1.807) is 0 Å². The maximum Gasteiger partial charge on any atom is 0.434 e. The Morgan fingerprint density at radius 3 is 2.39 bits per heavy atom. The van der Waals surface area contributed by atoms with Crippen LogP contribution >= 0.6 is 0 Å². The number of aromatic amines is 1. The van der Waals surface area contributed by atoms with Crippen molar-refractivity contribution in [3.8, 4) is 0 Å². The van der Waals surface area contributed by atoms with Gasteiger partial charge in [-0.15, -0.1) is 5.10 Å². The third-order valence-corrected chi connectivity index (χ3v) is 6.96. The first-order chi connectivity index (χ1) is 15.7. The van der Waals surface area contributed by atoms with Gasteiger partial charge < -0.3 is 9.73 Å². The molecule has 0 radical (unpaired) electrons. The zero-order valence-corrected chi connectivity index (χ0v) is 17.6. The second-order valence-electron chi connectivity index (χ2n) is 9.01. The molecule has 1 unspecified atom stereocenters. The minimum atomic E-state index is -4.55. The summed E-state index contributed by atoms with van der Waals surface area (Å²) < 4.78 is 44.9. The highest BCUT2D eigenvalue weighted by Gasteiger charge is 2.69. The van der Waals surface area contributed by atoms with Gasteiger partial charge in [-0.2, -0.15) is 13.2 Å². The van der Waals surface area contributed by atoms with Gasteiger partial charge in [0.15, 0.2) is 0 Å². The number of benzene rings is 2. The van der Waals surface area contributed by atoms with Gasteiger partial charge in [-0.25, -0.2) is 9.89 Å². The van der Waals surface area contributed by atoms with Gasteiger partial charge in [-0.05, 0) is 60.8 Å². The van der Waals surface area contributed by atoms with E-state index in [2.05, 4.69) is 15.5 Å². The summed E-state index contributed by atoms with van der Waals surface area (Å²) in [7, 11) is 0. The molecule has 2 aromatic carbocycles. The average molecular weight is 457 g/mol. The van der Waals surface area contributed by atoms with Crippen LogP contribution in [0.2, 0.25) is 0 Å². The number of alkyl halides is 3. The molecule has 5 rings (SSSR count). The molecule has 2 fully saturated rings. The van der Waals surface area contributed by atoms with Crippen molar-refractivity contribution < 1.29 is 22.4 Å². The van der Waals surface area contributed by atoms with Crippen LogP contribution in [0.15, 0.2) is 63.8 Å². The van der Waals surface area contributed by atoms with Crippen LogP contribution in [0.5, 0.6) is 0 Å². The van der Waals surface area contributed by atoms with Gasteiger partial charge in [0, 0.05) is 0 Å².